The maximum Gasteiger partial charge on any atom is 0.332 e. The Bertz CT molecular complexity index is 481. The van der Waals surface area contributed by atoms with Crippen molar-refractivity contribution in [3.8, 4) is 0 Å². The molecule has 0 radical (unpaired) electrons. The fourth-order valence-electron chi connectivity index (χ4n) is 0.960. The predicted molar refractivity (Wildman–Crippen MR) is 63.4 cm³/mol. The van der Waals surface area contributed by atoms with Gasteiger partial charge in [-0.2, -0.15) is 5.10 Å². The number of primary amides is 1. The van der Waals surface area contributed by atoms with E-state index in [0.29, 0.717) is 0 Å². The summed E-state index contributed by atoms with van der Waals surface area (Å²) >= 11 is 11.5. The number of hydrogen-bond acceptors (Lipinski definition) is 4. The van der Waals surface area contributed by atoms with E-state index in [4.69, 9.17) is 28.9 Å². The van der Waals surface area contributed by atoms with Crippen molar-refractivity contribution < 1.29 is 9.72 Å². The van der Waals surface area contributed by atoms with E-state index >= 15 is 0 Å². The fraction of sp³-hybridized carbons (Fsp3) is 0. The van der Waals surface area contributed by atoms with Crippen molar-refractivity contribution in [1.29, 1.82) is 0 Å². The molecule has 0 atom stereocenters. The first kappa shape index (κ1) is 13.2. The number of nitro benzene ring substituents is 1. The smallest absolute Gasteiger partial charge is 0.332 e. The molecular weight excluding hydrogens is 271 g/mol. The number of rotatable bonds is 3. The Labute approximate surface area is 105 Å². The van der Waals surface area contributed by atoms with Gasteiger partial charge in [0.1, 0.15) is 0 Å². The minimum absolute atomic E-state index is 0.0409. The summed E-state index contributed by atoms with van der Waals surface area (Å²) in [7, 11) is 0. The van der Waals surface area contributed by atoms with Crippen molar-refractivity contribution in [2.45, 2.75) is 0 Å². The number of hydrogen-bond donors (Lipinski definition) is 2. The van der Waals surface area contributed by atoms with E-state index in [1.807, 2.05) is 5.43 Å². The van der Waals surface area contributed by atoms with Gasteiger partial charge in [0.2, 0.25) is 0 Å². The van der Waals surface area contributed by atoms with E-state index in [1.54, 1.807) is 0 Å². The number of carbonyl (C=O) groups is 1. The van der Waals surface area contributed by atoms with Crippen molar-refractivity contribution in [3.63, 3.8) is 0 Å². The molecule has 0 heterocycles. The third-order valence-electron chi connectivity index (χ3n) is 1.64. The zero-order valence-electron chi connectivity index (χ0n) is 8.18. The molecule has 7 nitrogen and oxygen atoms in total. The number of hydrazone groups is 1. The van der Waals surface area contributed by atoms with Gasteiger partial charge in [0, 0.05) is 17.7 Å². The molecular formula is C8H6Cl2N4O3. The number of carbonyl (C=O) groups excluding carboxylic acids is 1. The molecule has 0 saturated carbocycles. The Morgan fingerprint density at radius 1 is 1.47 bits per heavy atom. The number of non-ortho nitro benzene ring substituents is 1. The molecule has 0 aliphatic rings. The van der Waals surface area contributed by atoms with Crippen LogP contribution in [-0.2, 0) is 0 Å². The van der Waals surface area contributed by atoms with E-state index < -0.39 is 11.0 Å². The summed E-state index contributed by atoms with van der Waals surface area (Å²) in [5.74, 6) is 0. The number of nitrogens with zero attached hydrogens (tertiary/aromatic N) is 2. The summed E-state index contributed by atoms with van der Waals surface area (Å²) in [5.41, 5.74) is 6.73. The molecule has 0 saturated heterocycles. The van der Waals surface area contributed by atoms with Gasteiger partial charge in [-0.15, -0.1) is 0 Å². The van der Waals surface area contributed by atoms with E-state index in [0.717, 1.165) is 18.3 Å². The molecule has 0 bridgehead atoms. The van der Waals surface area contributed by atoms with Gasteiger partial charge in [0.25, 0.3) is 5.69 Å². The molecule has 0 spiro atoms. The van der Waals surface area contributed by atoms with Gasteiger partial charge in [-0.25, -0.2) is 10.2 Å². The molecule has 0 unspecified atom stereocenters. The lowest BCUT2D eigenvalue weighted by Crippen LogP contribution is -2.24. The highest BCUT2D eigenvalue weighted by Crippen LogP contribution is 2.28. The van der Waals surface area contributed by atoms with Crippen LogP contribution in [0.1, 0.15) is 5.56 Å². The van der Waals surface area contributed by atoms with Crippen LogP contribution in [0, 0.1) is 10.1 Å². The number of nitrogens with two attached hydrogens (primary N) is 1. The highest BCUT2D eigenvalue weighted by molar-refractivity contribution is 6.39. The molecule has 0 aliphatic heterocycles. The number of benzene rings is 1. The highest BCUT2D eigenvalue weighted by atomic mass is 35.5. The molecule has 1 aromatic rings. The topological polar surface area (TPSA) is 111 Å². The number of halogens is 2. The number of nitrogens with one attached hydrogen (secondary N) is 1. The number of nitro groups is 1. The van der Waals surface area contributed by atoms with Crippen LogP contribution in [0.5, 0.6) is 0 Å². The normalized spacial score (nSPS) is 10.5. The maximum absolute atomic E-state index is 10.5. The van der Waals surface area contributed by atoms with Crippen LogP contribution in [0.15, 0.2) is 17.2 Å². The van der Waals surface area contributed by atoms with Crippen LogP contribution in [-0.4, -0.2) is 17.2 Å². The minimum atomic E-state index is -0.851. The van der Waals surface area contributed by atoms with Gasteiger partial charge in [0.15, 0.2) is 0 Å². The lowest BCUT2D eigenvalue weighted by Gasteiger charge is -2.01. The molecule has 90 valence electrons. The zero-order chi connectivity index (χ0) is 13.0. The van der Waals surface area contributed by atoms with Gasteiger partial charge in [0.05, 0.1) is 21.2 Å². The summed E-state index contributed by atoms with van der Waals surface area (Å²) in [6, 6.07) is 1.40. The van der Waals surface area contributed by atoms with Gasteiger partial charge < -0.3 is 5.73 Å². The van der Waals surface area contributed by atoms with Gasteiger partial charge in [-0.3, -0.25) is 10.1 Å². The molecule has 0 fully saturated rings. The monoisotopic (exact) mass is 276 g/mol. The molecule has 2 amide bonds. The zero-order valence-corrected chi connectivity index (χ0v) is 9.70. The maximum atomic E-state index is 10.5. The lowest BCUT2D eigenvalue weighted by molar-refractivity contribution is -0.384. The van der Waals surface area contributed by atoms with E-state index in [9.17, 15) is 14.9 Å². The summed E-state index contributed by atoms with van der Waals surface area (Å²) in [6.45, 7) is 0. The van der Waals surface area contributed by atoms with Crippen LogP contribution in [0.3, 0.4) is 0 Å². The third-order valence-corrected chi connectivity index (χ3v) is 2.27. The predicted octanol–water partition coefficient (Wildman–Crippen LogP) is 1.90. The molecule has 17 heavy (non-hydrogen) atoms. The van der Waals surface area contributed by atoms with E-state index in [-0.39, 0.29) is 21.3 Å². The van der Waals surface area contributed by atoms with Crippen molar-refractivity contribution in [1.82, 2.24) is 5.43 Å². The Balaban J connectivity index is 3.05. The van der Waals surface area contributed by atoms with Crippen LogP contribution >= 0.6 is 23.2 Å². The first-order chi connectivity index (χ1) is 7.91. The summed E-state index contributed by atoms with van der Waals surface area (Å²) in [5, 5.41) is 14.0. The number of amides is 2. The average molecular weight is 277 g/mol. The summed E-state index contributed by atoms with van der Waals surface area (Å²) in [6.07, 6.45) is 1.14. The van der Waals surface area contributed by atoms with Crippen LogP contribution in [0.4, 0.5) is 10.5 Å². The fourth-order valence-corrected chi connectivity index (χ4v) is 1.53. The Morgan fingerprint density at radius 3 is 2.41 bits per heavy atom. The largest absolute Gasteiger partial charge is 0.350 e. The SMILES string of the molecule is NC(=O)NN=Cc1c(Cl)cc([N+](=O)[O-])cc1Cl. The van der Waals surface area contributed by atoms with Crippen LogP contribution in [0.2, 0.25) is 10.0 Å². The van der Waals surface area contributed by atoms with Crippen molar-refractivity contribution in [2.75, 3.05) is 0 Å². The first-order valence-corrected chi connectivity index (χ1v) is 4.89. The van der Waals surface area contributed by atoms with Crippen LogP contribution in [0.25, 0.3) is 0 Å². The third kappa shape index (κ3) is 3.58. The van der Waals surface area contributed by atoms with E-state index in [2.05, 4.69) is 5.10 Å². The molecule has 3 N–H and O–H groups in total. The van der Waals surface area contributed by atoms with Crippen molar-refractivity contribution >= 4 is 41.1 Å². The van der Waals surface area contributed by atoms with Crippen molar-refractivity contribution in [2.24, 2.45) is 10.8 Å². The van der Waals surface area contributed by atoms with Gasteiger partial charge >= 0.3 is 6.03 Å². The number of urea groups is 1. The molecule has 1 aromatic carbocycles. The molecule has 0 aliphatic carbocycles. The Kier molecular flexibility index (Phi) is 4.24. The minimum Gasteiger partial charge on any atom is -0.350 e. The Morgan fingerprint density at radius 2 is 2.00 bits per heavy atom. The second-order valence-electron chi connectivity index (χ2n) is 2.81. The van der Waals surface area contributed by atoms with Crippen LogP contribution < -0.4 is 11.2 Å². The van der Waals surface area contributed by atoms with E-state index in [1.165, 1.54) is 0 Å². The molecule has 9 heteroatoms. The summed E-state index contributed by atoms with van der Waals surface area (Å²) < 4.78 is 0. The second kappa shape index (κ2) is 5.46. The second-order valence-corrected chi connectivity index (χ2v) is 3.63. The quantitative estimate of drug-likeness (QED) is 0.500. The average Bonchev–Trinajstić information content (AvgIpc) is 2.21. The molecule has 0 aromatic heterocycles. The highest BCUT2D eigenvalue weighted by Gasteiger charge is 2.13. The van der Waals surface area contributed by atoms with Crippen molar-refractivity contribution in [3.05, 3.63) is 37.9 Å². The van der Waals surface area contributed by atoms with Gasteiger partial charge in [-0.1, -0.05) is 23.2 Å². The summed E-state index contributed by atoms with van der Waals surface area (Å²) in [4.78, 5) is 20.2. The molecule has 1 rings (SSSR count). The first-order valence-electron chi connectivity index (χ1n) is 4.13. The lowest BCUT2D eigenvalue weighted by atomic mass is 10.2. The standard InChI is InChI=1S/C8H6Cl2N4O3/c9-6-1-4(14(16)17)2-7(10)5(6)3-12-13-8(11)15/h1-3H,(H3,11,13,15). The Hall–Kier alpha value is -1.86. The van der Waals surface area contributed by atoms with Gasteiger partial charge in [-0.05, 0) is 0 Å².